The summed E-state index contributed by atoms with van der Waals surface area (Å²) in [6.45, 7) is 0.711. The lowest BCUT2D eigenvalue weighted by Crippen LogP contribution is -2.23. The molecule has 1 N–H and O–H groups in total. The third kappa shape index (κ3) is 5.10. The fraction of sp³-hybridized carbons (Fsp3) is 0.0417. The Balaban J connectivity index is 1.28. The number of aromatic nitrogens is 1. The number of rotatable bonds is 7. The second-order valence-electron chi connectivity index (χ2n) is 13.4. The summed E-state index contributed by atoms with van der Waals surface area (Å²) < 4.78 is 9.05. The van der Waals surface area contributed by atoms with Crippen LogP contribution in [0.25, 0.3) is 71.3 Å². The first-order valence-electron chi connectivity index (χ1n) is 17.6. The van der Waals surface area contributed by atoms with Crippen molar-refractivity contribution in [1.29, 1.82) is 0 Å². The van der Waals surface area contributed by atoms with Crippen molar-refractivity contribution in [2.45, 2.75) is 12.6 Å². The zero-order chi connectivity index (χ0) is 33.7. The van der Waals surface area contributed by atoms with Crippen molar-refractivity contribution in [3.8, 4) is 16.8 Å². The Hall–Kier alpha value is -6.42. The molecular weight excluding hydrogens is 621 g/mol. The number of nitrogens with one attached hydrogen (secondary N) is 1. The summed E-state index contributed by atoms with van der Waals surface area (Å²) in [5, 5.41) is 11.2. The first-order valence-corrected chi connectivity index (χ1v) is 17.6. The van der Waals surface area contributed by atoms with Crippen LogP contribution in [0.5, 0.6) is 0 Å². The third-order valence-electron chi connectivity index (χ3n) is 10.3. The summed E-state index contributed by atoms with van der Waals surface area (Å²) >= 11 is 0. The predicted molar refractivity (Wildman–Crippen MR) is 213 cm³/mol. The Morgan fingerprint density at radius 3 is 2.00 bits per heavy atom. The minimum absolute atomic E-state index is 0.140. The molecule has 51 heavy (non-hydrogen) atoms. The highest BCUT2D eigenvalue weighted by Crippen LogP contribution is 2.41. The number of para-hydroxylation sites is 2. The van der Waals surface area contributed by atoms with Gasteiger partial charge in [-0.15, -0.1) is 0 Å². The standard InChI is InChI=1S/C48H34N2O/c1-3-14-32(15-4-1)31-49-48(37-21-13-20-34(26-37)33-16-5-2-6-17-33)42-29-41-39-23-10-12-25-46(39)51-47(41)30-45(42)50-43-24-11-9-22-38(43)40-27-35-18-7-8-19-36(35)28-44(40)50/h1-30,48-49H,31H2. The van der Waals surface area contributed by atoms with Crippen molar-refractivity contribution in [3.05, 3.63) is 199 Å². The van der Waals surface area contributed by atoms with Gasteiger partial charge in [-0.05, 0) is 75.0 Å². The van der Waals surface area contributed by atoms with Crippen LogP contribution in [0.1, 0.15) is 22.7 Å². The van der Waals surface area contributed by atoms with Crippen LogP contribution in [0, 0.1) is 0 Å². The molecule has 1 atom stereocenters. The highest BCUT2D eigenvalue weighted by molar-refractivity contribution is 6.14. The predicted octanol–water partition coefficient (Wildman–Crippen LogP) is 12.4. The van der Waals surface area contributed by atoms with Crippen molar-refractivity contribution in [3.63, 3.8) is 0 Å². The van der Waals surface area contributed by atoms with Gasteiger partial charge in [-0.3, -0.25) is 0 Å². The summed E-state index contributed by atoms with van der Waals surface area (Å²) in [6.07, 6.45) is 0. The van der Waals surface area contributed by atoms with Gasteiger partial charge in [0.25, 0.3) is 0 Å². The van der Waals surface area contributed by atoms with Gasteiger partial charge in [0.15, 0.2) is 0 Å². The zero-order valence-electron chi connectivity index (χ0n) is 28.0. The molecule has 0 fully saturated rings. The van der Waals surface area contributed by atoms with Crippen LogP contribution in [-0.2, 0) is 6.54 Å². The average molecular weight is 655 g/mol. The second kappa shape index (κ2) is 12.2. The third-order valence-corrected chi connectivity index (χ3v) is 10.3. The lowest BCUT2D eigenvalue weighted by Gasteiger charge is -2.25. The highest BCUT2D eigenvalue weighted by atomic mass is 16.3. The van der Waals surface area contributed by atoms with Crippen molar-refractivity contribution < 1.29 is 4.42 Å². The van der Waals surface area contributed by atoms with Crippen LogP contribution >= 0.6 is 0 Å². The van der Waals surface area contributed by atoms with Crippen molar-refractivity contribution in [2.75, 3.05) is 0 Å². The van der Waals surface area contributed by atoms with E-state index in [2.05, 4.69) is 186 Å². The minimum Gasteiger partial charge on any atom is -0.456 e. The summed E-state index contributed by atoms with van der Waals surface area (Å²) in [5.74, 6) is 0. The molecule has 0 amide bonds. The highest BCUT2D eigenvalue weighted by Gasteiger charge is 2.24. The molecule has 3 heteroatoms. The molecule has 1 unspecified atom stereocenters. The van der Waals surface area contributed by atoms with E-state index in [-0.39, 0.29) is 6.04 Å². The van der Waals surface area contributed by atoms with Gasteiger partial charge in [0.1, 0.15) is 11.2 Å². The Bertz CT molecular complexity index is 2860. The van der Waals surface area contributed by atoms with E-state index >= 15 is 0 Å². The maximum Gasteiger partial charge on any atom is 0.137 e. The van der Waals surface area contributed by atoms with Gasteiger partial charge < -0.3 is 14.3 Å². The summed E-state index contributed by atoms with van der Waals surface area (Å²) in [4.78, 5) is 0. The van der Waals surface area contributed by atoms with E-state index in [1.54, 1.807) is 0 Å². The normalized spacial score (nSPS) is 12.4. The zero-order valence-corrected chi connectivity index (χ0v) is 28.0. The van der Waals surface area contributed by atoms with Crippen molar-refractivity contribution in [2.24, 2.45) is 0 Å². The summed E-state index contributed by atoms with van der Waals surface area (Å²) in [6, 6.07) is 65.3. The maximum absolute atomic E-state index is 6.60. The monoisotopic (exact) mass is 654 g/mol. The summed E-state index contributed by atoms with van der Waals surface area (Å²) in [7, 11) is 0. The van der Waals surface area contributed by atoms with E-state index in [9.17, 15) is 0 Å². The van der Waals surface area contributed by atoms with E-state index < -0.39 is 0 Å². The molecule has 0 aliphatic heterocycles. The van der Waals surface area contributed by atoms with Crippen LogP contribution in [0.3, 0.4) is 0 Å². The van der Waals surface area contributed by atoms with E-state index in [1.807, 2.05) is 6.07 Å². The molecule has 0 aliphatic rings. The smallest absolute Gasteiger partial charge is 0.137 e. The molecular formula is C48H34N2O. The molecule has 0 saturated heterocycles. The van der Waals surface area contributed by atoms with Gasteiger partial charge in [-0.2, -0.15) is 0 Å². The number of nitrogens with zero attached hydrogens (tertiary/aromatic N) is 1. The van der Waals surface area contributed by atoms with Crippen LogP contribution in [0.4, 0.5) is 0 Å². The molecule has 0 radical (unpaired) electrons. The van der Waals surface area contributed by atoms with Gasteiger partial charge in [-0.1, -0.05) is 140 Å². The molecule has 0 spiro atoms. The Morgan fingerprint density at radius 1 is 0.471 bits per heavy atom. The Kier molecular flexibility index (Phi) is 7.04. The van der Waals surface area contributed by atoms with E-state index in [1.165, 1.54) is 60.4 Å². The Morgan fingerprint density at radius 2 is 1.16 bits per heavy atom. The quantitative estimate of drug-likeness (QED) is 0.185. The number of furan rings is 1. The molecule has 242 valence electrons. The first-order chi connectivity index (χ1) is 25.3. The average Bonchev–Trinajstić information content (AvgIpc) is 3.72. The number of hydrogen-bond donors (Lipinski definition) is 1. The molecule has 2 heterocycles. The molecule has 0 saturated carbocycles. The molecule has 0 aliphatic carbocycles. The van der Waals surface area contributed by atoms with Gasteiger partial charge in [0, 0.05) is 34.2 Å². The fourth-order valence-corrected chi connectivity index (χ4v) is 7.87. The first kappa shape index (κ1) is 29.5. The van der Waals surface area contributed by atoms with Gasteiger partial charge in [-0.25, -0.2) is 0 Å². The maximum atomic E-state index is 6.60. The topological polar surface area (TPSA) is 30.1 Å². The van der Waals surface area contributed by atoms with Gasteiger partial charge in [0.2, 0.25) is 0 Å². The van der Waals surface area contributed by atoms with Crippen LogP contribution < -0.4 is 5.32 Å². The van der Waals surface area contributed by atoms with Gasteiger partial charge >= 0.3 is 0 Å². The fourth-order valence-electron chi connectivity index (χ4n) is 7.87. The number of fused-ring (bicyclic) bond motifs is 7. The molecule has 10 aromatic rings. The Labute approximate surface area is 296 Å². The lowest BCUT2D eigenvalue weighted by atomic mass is 9.92. The van der Waals surface area contributed by atoms with Crippen LogP contribution in [0.2, 0.25) is 0 Å². The number of hydrogen-bond acceptors (Lipinski definition) is 2. The van der Waals surface area contributed by atoms with Crippen molar-refractivity contribution >= 4 is 54.5 Å². The van der Waals surface area contributed by atoms with Gasteiger partial charge in [0.05, 0.1) is 22.8 Å². The molecule has 2 aromatic heterocycles. The van der Waals surface area contributed by atoms with Crippen LogP contribution in [0.15, 0.2) is 186 Å². The molecule has 10 rings (SSSR count). The second-order valence-corrected chi connectivity index (χ2v) is 13.4. The van der Waals surface area contributed by atoms with E-state index in [4.69, 9.17) is 4.42 Å². The van der Waals surface area contributed by atoms with E-state index in [0.29, 0.717) is 6.54 Å². The van der Waals surface area contributed by atoms with E-state index in [0.717, 1.165) is 27.6 Å². The molecule has 0 bridgehead atoms. The van der Waals surface area contributed by atoms with Crippen LogP contribution in [-0.4, -0.2) is 4.57 Å². The van der Waals surface area contributed by atoms with Crippen molar-refractivity contribution in [1.82, 2.24) is 9.88 Å². The lowest BCUT2D eigenvalue weighted by molar-refractivity contribution is 0.603. The molecule has 8 aromatic carbocycles. The summed E-state index contributed by atoms with van der Waals surface area (Å²) in [5.41, 5.74) is 11.2. The SMILES string of the molecule is c1ccc(CNC(c2cccc(-c3ccccc3)c2)c2cc3c(cc2-n2c4ccccc4c4cc5ccccc5cc42)oc2ccccc23)cc1. The minimum atomic E-state index is -0.140. The number of benzene rings is 8. The molecule has 3 nitrogen and oxygen atoms in total. The largest absolute Gasteiger partial charge is 0.456 e.